The first-order chi connectivity index (χ1) is 12.8. The summed E-state index contributed by atoms with van der Waals surface area (Å²) in [7, 11) is 1.89. The summed E-state index contributed by atoms with van der Waals surface area (Å²) >= 11 is 0. The van der Waals surface area contributed by atoms with Crippen LogP contribution in [0.2, 0.25) is 0 Å². The topological polar surface area (TPSA) is 40.5 Å². The Morgan fingerprint density at radius 2 is 2.08 bits per heavy atom. The number of guanidine groups is 1. The van der Waals surface area contributed by atoms with Gasteiger partial charge < -0.3 is 10.2 Å². The summed E-state index contributed by atoms with van der Waals surface area (Å²) in [6, 6.07) is 15.1. The number of likely N-dealkylation sites (tertiary alicyclic amines) is 1. The smallest absolute Gasteiger partial charge is 0.193 e. The number of hydrogen-bond donors (Lipinski definition) is 1. The number of aliphatic imine (C=N–C) groups is 1. The summed E-state index contributed by atoms with van der Waals surface area (Å²) in [5, 5.41) is 3.54. The third kappa shape index (κ3) is 4.63. The van der Waals surface area contributed by atoms with Gasteiger partial charge in [0.1, 0.15) is 0 Å². The first kappa shape index (κ1) is 18.4. The van der Waals surface area contributed by atoms with Crippen LogP contribution in [-0.2, 0) is 6.42 Å². The average molecular weight is 351 g/mol. The highest BCUT2D eigenvalue weighted by Crippen LogP contribution is 2.34. The van der Waals surface area contributed by atoms with Crippen LogP contribution in [0, 0.1) is 5.92 Å². The zero-order valence-corrected chi connectivity index (χ0v) is 15.9. The normalized spacial score (nSPS) is 20.8. The fourth-order valence-electron chi connectivity index (χ4n) is 3.97. The highest BCUT2D eigenvalue weighted by molar-refractivity contribution is 5.80. The van der Waals surface area contributed by atoms with Crippen molar-refractivity contribution < 1.29 is 0 Å². The maximum Gasteiger partial charge on any atom is 0.193 e. The van der Waals surface area contributed by atoms with Crippen LogP contribution in [-0.4, -0.2) is 42.5 Å². The van der Waals surface area contributed by atoms with Gasteiger partial charge in [-0.2, -0.15) is 0 Å². The Morgan fingerprint density at radius 1 is 1.23 bits per heavy atom. The fourth-order valence-corrected chi connectivity index (χ4v) is 3.97. The lowest BCUT2D eigenvalue weighted by Gasteiger charge is -2.40. The van der Waals surface area contributed by atoms with Crippen LogP contribution in [0.5, 0.6) is 0 Å². The van der Waals surface area contributed by atoms with Gasteiger partial charge in [0.05, 0.1) is 0 Å². The molecule has 0 saturated carbocycles. The zero-order chi connectivity index (χ0) is 18.2. The molecule has 3 rings (SSSR count). The van der Waals surface area contributed by atoms with Crippen molar-refractivity contribution in [2.24, 2.45) is 10.9 Å². The highest BCUT2D eigenvalue weighted by atomic mass is 15.3. The Bertz CT molecular complexity index is 684. The van der Waals surface area contributed by atoms with Crippen molar-refractivity contribution in [1.29, 1.82) is 0 Å². The molecule has 2 unspecified atom stereocenters. The summed E-state index contributed by atoms with van der Waals surface area (Å²) in [5.74, 6) is 2.35. The molecule has 1 aliphatic rings. The van der Waals surface area contributed by atoms with Crippen LogP contribution in [0.1, 0.15) is 36.8 Å². The minimum atomic E-state index is 0.658. The molecule has 2 heterocycles. The second-order valence-corrected chi connectivity index (χ2v) is 7.01. The molecule has 1 aromatic heterocycles. The van der Waals surface area contributed by atoms with Gasteiger partial charge in [0.25, 0.3) is 0 Å². The van der Waals surface area contributed by atoms with E-state index in [-0.39, 0.29) is 0 Å². The molecule has 0 bridgehead atoms. The Labute approximate surface area is 157 Å². The molecule has 1 fully saturated rings. The molecule has 4 heteroatoms. The van der Waals surface area contributed by atoms with Gasteiger partial charge in [0.2, 0.25) is 0 Å². The molecule has 1 aliphatic heterocycles. The Balaban J connectivity index is 1.57. The van der Waals surface area contributed by atoms with Gasteiger partial charge >= 0.3 is 0 Å². The molecule has 2 atom stereocenters. The van der Waals surface area contributed by atoms with Crippen LogP contribution in [0.15, 0.2) is 59.9 Å². The van der Waals surface area contributed by atoms with E-state index in [4.69, 9.17) is 0 Å². The van der Waals surface area contributed by atoms with E-state index < -0.39 is 0 Å². The third-order valence-corrected chi connectivity index (χ3v) is 5.42. The summed E-state index contributed by atoms with van der Waals surface area (Å²) in [6.45, 7) is 5.32. The van der Waals surface area contributed by atoms with E-state index in [1.165, 1.54) is 24.0 Å². The average Bonchev–Trinajstić information content (AvgIpc) is 2.72. The van der Waals surface area contributed by atoms with Crippen molar-refractivity contribution in [2.75, 3.05) is 26.7 Å². The largest absolute Gasteiger partial charge is 0.356 e. The standard InChI is InChI=1S/C22H30N4/c1-3-19-17-26(15-12-21(19)20-9-5-4-6-10-20)22(23-2)25-14-11-18-8-7-13-24-16-18/h4-10,13,16,19,21H,3,11-12,14-15,17H2,1-2H3,(H,23,25). The minimum absolute atomic E-state index is 0.658. The first-order valence-electron chi connectivity index (χ1n) is 9.71. The van der Waals surface area contributed by atoms with Gasteiger partial charge in [0.15, 0.2) is 5.96 Å². The van der Waals surface area contributed by atoms with Crippen LogP contribution in [0.25, 0.3) is 0 Å². The van der Waals surface area contributed by atoms with E-state index in [9.17, 15) is 0 Å². The van der Waals surface area contributed by atoms with E-state index in [1.807, 2.05) is 25.5 Å². The predicted molar refractivity (Wildman–Crippen MR) is 108 cm³/mol. The van der Waals surface area contributed by atoms with Crippen molar-refractivity contribution in [2.45, 2.75) is 32.1 Å². The quantitative estimate of drug-likeness (QED) is 0.660. The molecule has 0 spiro atoms. The second-order valence-electron chi connectivity index (χ2n) is 7.01. The number of nitrogens with zero attached hydrogens (tertiary/aromatic N) is 3. The van der Waals surface area contributed by atoms with E-state index in [2.05, 4.69) is 63.5 Å². The summed E-state index contributed by atoms with van der Waals surface area (Å²) in [5.41, 5.74) is 2.74. The number of aromatic nitrogens is 1. The van der Waals surface area contributed by atoms with Gasteiger partial charge in [-0.25, -0.2) is 0 Å². The Morgan fingerprint density at radius 3 is 2.77 bits per heavy atom. The molecule has 0 aliphatic carbocycles. The van der Waals surface area contributed by atoms with E-state index in [0.717, 1.165) is 32.0 Å². The summed E-state index contributed by atoms with van der Waals surface area (Å²) in [6.07, 6.45) is 7.10. The molecule has 4 nitrogen and oxygen atoms in total. The van der Waals surface area contributed by atoms with E-state index in [1.54, 1.807) is 0 Å². The van der Waals surface area contributed by atoms with Gasteiger partial charge in [0, 0.05) is 39.1 Å². The highest BCUT2D eigenvalue weighted by Gasteiger charge is 2.30. The lowest BCUT2D eigenvalue weighted by molar-refractivity contribution is 0.216. The zero-order valence-electron chi connectivity index (χ0n) is 15.9. The SMILES string of the molecule is CCC1CN(C(=NC)NCCc2cccnc2)CCC1c1ccccc1. The lowest BCUT2D eigenvalue weighted by Crippen LogP contribution is -2.48. The van der Waals surface area contributed by atoms with Gasteiger partial charge in [-0.15, -0.1) is 0 Å². The predicted octanol–water partition coefficient (Wildman–Crippen LogP) is 3.72. The number of hydrogen-bond acceptors (Lipinski definition) is 2. The molecule has 2 aromatic rings. The lowest BCUT2D eigenvalue weighted by atomic mass is 9.79. The number of rotatable bonds is 5. The molecule has 1 N–H and O–H groups in total. The molecular weight excluding hydrogens is 320 g/mol. The van der Waals surface area contributed by atoms with Crippen LogP contribution in [0.4, 0.5) is 0 Å². The maximum absolute atomic E-state index is 4.53. The van der Waals surface area contributed by atoms with Crippen LogP contribution >= 0.6 is 0 Å². The van der Waals surface area contributed by atoms with Crippen LogP contribution in [0.3, 0.4) is 0 Å². The van der Waals surface area contributed by atoms with Crippen molar-refractivity contribution in [3.05, 3.63) is 66.0 Å². The van der Waals surface area contributed by atoms with Gasteiger partial charge in [-0.3, -0.25) is 9.98 Å². The third-order valence-electron chi connectivity index (χ3n) is 5.42. The molecule has 26 heavy (non-hydrogen) atoms. The molecule has 0 amide bonds. The first-order valence-corrected chi connectivity index (χ1v) is 9.71. The van der Waals surface area contributed by atoms with Gasteiger partial charge in [-0.05, 0) is 41.9 Å². The van der Waals surface area contributed by atoms with Crippen molar-refractivity contribution in [1.82, 2.24) is 15.2 Å². The molecule has 1 saturated heterocycles. The van der Waals surface area contributed by atoms with Crippen molar-refractivity contribution in [3.8, 4) is 0 Å². The van der Waals surface area contributed by atoms with Crippen molar-refractivity contribution >= 4 is 5.96 Å². The number of benzene rings is 1. The monoisotopic (exact) mass is 350 g/mol. The minimum Gasteiger partial charge on any atom is -0.356 e. The number of piperidine rings is 1. The summed E-state index contributed by atoms with van der Waals surface area (Å²) in [4.78, 5) is 11.1. The summed E-state index contributed by atoms with van der Waals surface area (Å²) < 4.78 is 0. The maximum atomic E-state index is 4.53. The molecular formula is C22H30N4. The Hall–Kier alpha value is -2.36. The molecule has 1 aromatic carbocycles. The fraction of sp³-hybridized carbons (Fsp3) is 0.455. The molecule has 0 radical (unpaired) electrons. The van der Waals surface area contributed by atoms with Crippen LogP contribution < -0.4 is 5.32 Å². The van der Waals surface area contributed by atoms with Crippen molar-refractivity contribution in [3.63, 3.8) is 0 Å². The Kier molecular flexibility index (Phi) is 6.64. The van der Waals surface area contributed by atoms with E-state index >= 15 is 0 Å². The molecule has 138 valence electrons. The van der Waals surface area contributed by atoms with E-state index in [0.29, 0.717) is 11.8 Å². The number of pyridine rings is 1. The second kappa shape index (κ2) is 9.37. The number of nitrogens with one attached hydrogen (secondary N) is 1. The van der Waals surface area contributed by atoms with Gasteiger partial charge in [-0.1, -0.05) is 49.7 Å².